The maximum Gasteiger partial charge on any atom is 0.501 e. The average Bonchev–Trinajstić information content (AvgIpc) is 1.34. The van der Waals surface area contributed by atoms with Gasteiger partial charge in [-0.05, 0) is 174 Å². The van der Waals surface area contributed by atoms with Crippen molar-refractivity contribution in [2.45, 2.75) is 104 Å². The second-order valence-corrected chi connectivity index (χ2v) is 31.3. The number of likely N-dealkylation sites (tertiary alicyclic amines) is 1. The minimum atomic E-state index is -6.12. The number of sulfone groups is 1. The van der Waals surface area contributed by atoms with Crippen LogP contribution in [0.3, 0.4) is 0 Å². The number of ether oxygens (including phenoxy) is 3. The fraction of sp³-hybridized carbons (Fsp3) is 0.378. The lowest BCUT2D eigenvalue weighted by atomic mass is 9.96. The lowest BCUT2D eigenvalue weighted by molar-refractivity contribution is -0.125. The van der Waals surface area contributed by atoms with E-state index in [1.54, 1.807) is 36.4 Å². The number of hydrogen-bond acceptors (Lipinski definition) is 19. The third kappa shape index (κ3) is 19.5. The first kappa shape index (κ1) is 79.7. The van der Waals surface area contributed by atoms with Crippen LogP contribution in [0.2, 0.25) is 5.02 Å². The van der Waals surface area contributed by atoms with Crippen molar-refractivity contribution in [2.75, 3.05) is 116 Å². The number of halogens is 5. The predicted octanol–water partition coefficient (Wildman–Crippen LogP) is 12.3. The number of amides is 4. The summed E-state index contributed by atoms with van der Waals surface area (Å²) in [5.41, 5.74) is 2.53. The third-order valence-corrected chi connectivity index (χ3v) is 23.1. The number of piperazine rings is 1. The summed E-state index contributed by atoms with van der Waals surface area (Å²) in [4.78, 5) is 58.3. The number of nitrogens with one attached hydrogen (secondary N) is 5. The van der Waals surface area contributed by atoms with Crippen molar-refractivity contribution in [3.05, 3.63) is 179 Å². The zero-order valence-electron chi connectivity index (χ0n) is 58.7. The Labute approximate surface area is 626 Å². The number of alkyl halides is 3. The Morgan fingerprint density at radius 3 is 2.05 bits per heavy atom. The standard InChI is InChI=1S/C74H83ClF4N10O11S3.O2S/c1-47(2)88-50(5)49(4)67(69(88)51-15-17-53(75)18-16-51)52-42-54(76)44-58(43-52)87-36-34-86(35-37-87)57-21-19-55(20-22-57)84-103(96,97)61-23-24-63(66(45-61)102(94,95)74(77,78)79)83-56(46-101-60-10-7-6-8-11-60)26-31-85-32-27-59(28-33-85)100-73(93)81-30-39-99-41-40-98-38-29-80-64-13-9-12-62-68(64)72(92)89(71(62)91)65-25-14-48(3)82-70(65)90;1-3-2/h6-13,15-24,42-45,47,56,59,65,80,83-84H,3,14,25-41,46H2,1-2,4-5H3,(H,81,93)(H,82,90);/t56-,65?;/m1./s1. The zero-order valence-corrected chi connectivity index (χ0v) is 62.7. The van der Waals surface area contributed by atoms with Gasteiger partial charge in [0.25, 0.3) is 31.7 Å². The van der Waals surface area contributed by atoms with Crippen LogP contribution in [-0.2, 0) is 50.4 Å². The largest absolute Gasteiger partial charge is 0.501 e. The molecule has 0 bridgehead atoms. The number of anilines is 5. The number of piperidine rings is 2. The maximum absolute atomic E-state index is 15.7. The second kappa shape index (κ2) is 35.7. The molecule has 32 heteroatoms. The number of hydrogen-bond donors (Lipinski definition) is 5. The molecule has 0 radical (unpaired) electrons. The van der Waals surface area contributed by atoms with Crippen LogP contribution < -0.4 is 35.8 Å². The Kier molecular flexibility index (Phi) is 26.9. The highest BCUT2D eigenvalue weighted by Gasteiger charge is 2.49. The van der Waals surface area contributed by atoms with E-state index >= 15 is 4.39 Å². The molecule has 5 heterocycles. The SMILES string of the molecule is C=C1CCC(N2C(=O)c3cccc(NCCOCCOCCNC(=O)OC4CCN(CC[C@H](CSc5ccccc5)Nc5ccc(S(=O)(=O)Nc6ccc(N7CCN(c8cc(F)cc(-c9c(C)c(C)n(C(C)C)c9-c9ccc(Cl)cc9)c8)CC7)cc6)cc5S(=O)(=O)C(F)(F)F)CC4)c3C2=O)C(=O)N1.O=S=O. The molecule has 5 N–H and O–H groups in total. The van der Waals surface area contributed by atoms with E-state index in [1.807, 2.05) is 60.7 Å². The van der Waals surface area contributed by atoms with Gasteiger partial charge in [-0.1, -0.05) is 54.6 Å². The van der Waals surface area contributed by atoms with Crippen molar-refractivity contribution in [3.8, 4) is 22.4 Å². The van der Waals surface area contributed by atoms with Gasteiger partial charge in [-0.3, -0.25) is 24.0 Å². The third-order valence-electron chi connectivity index (χ3n) is 18.7. The molecule has 4 amide bonds. The summed E-state index contributed by atoms with van der Waals surface area (Å²) in [6, 6.07) is 34.6. The number of nitrogens with zero attached hydrogens (tertiary/aromatic N) is 5. The second-order valence-electron chi connectivity index (χ2n) is 26.0. The number of allylic oxidation sites excluding steroid dienone is 1. The van der Waals surface area contributed by atoms with Crippen LogP contribution in [0.1, 0.15) is 84.0 Å². The molecule has 0 saturated carbocycles. The Bertz CT molecular complexity index is 4600. The van der Waals surface area contributed by atoms with Crippen molar-refractivity contribution in [1.82, 2.24) is 25.0 Å². The Morgan fingerprint density at radius 2 is 1.40 bits per heavy atom. The number of benzene rings is 6. The molecule has 0 aliphatic carbocycles. The van der Waals surface area contributed by atoms with E-state index in [-0.39, 0.29) is 61.6 Å². The summed E-state index contributed by atoms with van der Waals surface area (Å²) >= 11 is 6.95. The van der Waals surface area contributed by atoms with Gasteiger partial charge in [-0.25, -0.2) is 26.0 Å². The smallest absolute Gasteiger partial charge is 0.446 e. The normalized spacial score (nSPS) is 16.3. The van der Waals surface area contributed by atoms with Gasteiger partial charge < -0.3 is 54.7 Å². The van der Waals surface area contributed by atoms with E-state index in [4.69, 9.17) is 34.2 Å². The quantitative estimate of drug-likeness (QED) is 0.0126. The molecule has 4 aliphatic rings. The van der Waals surface area contributed by atoms with Gasteiger partial charge >= 0.3 is 23.2 Å². The first-order valence-electron chi connectivity index (χ1n) is 34.4. The summed E-state index contributed by atoms with van der Waals surface area (Å²) in [5.74, 6) is -1.59. The summed E-state index contributed by atoms with van der Waals surface area (Å²) in [6.07, 6.45) is 1.06. The number of imide groups is 1. The molecule has 11 rings (SSSR count). The van der Waals surface area contributed by atoms with Crippen LogP contribution in [0.4, 0.5) is 50.8 Å². The first-order valence-corrected chi connectivity index (χ1v) is 39.4. The number of alkyl carbamates (subject to hydrolysis) is 1. The topological polar surface area (TPSA) is 276 Å². The molecule has 1 unspecified atom stereocenters. The molecule has 6 aromatic carbocycles. The maximum atomic E-state index is 15.7. The van der Waals surface area contributed by atoms with E-state index < -0.39 is 94.4 Å². The summed E-state index contributed by atoms with van der Waals surface area (Å²) in [6.45, 7) is 17.1. The number of thioether (sulfide) groups is 1. The van der Waals surface area contributed by atoms with Crippen molar-refractivity contribution in [2.24, 2.45) is 0 Å². The number of sulfonamides is 1. The lowest BCUT2D eigenvalue weighted by Gasteiger charge is -2.37. The van der Waals surface area contributed by atoms with Crippen molar-refractivity contribution in [3.63, 3.8) is 0 Å². The molecule has 7 aromatic rings. The van der Waals surface area contributed by atoms with Gasteiger partial charge in [0.1, 0.15) is 22.9 Å². The molecular formula is C74H83ClF4N10O13S4. The predicted molar refractivity (Wildman–Crippen MR) is 401 cm³/mol. The molecule has 2 atom stereocenters. The van der Waals surface area contributed by atoms with Gasteiger partial charge in [0.2, 0.25) is 5.91 Å². The van der Waals surface area contributed by atoms with Crippen LogP contribution in [0, 0.1) is 19.7 Å². The van der Waals surface area contributed by atoms with Gasteiger partial charge in [0, 0.05) is 126 Å². The van der Waals surface area contributed by atoms with Gasteiger partial charge in [-0.15, -0.1) is 11.8 Å². The number of fused-ring (bicyclic) bond motifs is 1. The molecular weight excluding hydrogens is 1480 g/mol. The number of carbonyl (C=O) groups excluding carboxylic acids is 4. The zero-order chi connectivity index (χ0) is 76.0. The van der Waals surface area contributed by atoms with Crippen LogP contribution in [0.15, 0.2) is 160 Å². The number of aromatic nitrogens is 1. The first-order chi connectivity index (χ1) is 50.7. The Morgan fingerprint density at radius 1 is 0.736 bits per heavy atom. The minimum Gasteiger partial charge on any atom is -0.446 e. The molecule has 0 spiro atoms. The van der Waals surface area contributed by atoms with E-state index in [1.165, 1.54) is 30.0 Å². The monoisotopic (exact) mass is 1560 g/mol. The summed E-state index contributed by atoms with van der Waals surface area (Å²) < 4.78 is 153. The summed E-state index contributed by atoms with van der Waals surface area (Å²) in [5, 5.41) is 12.1. The molecule has 3 saturated heterocycles. The van der Waals surface area contributed by atoms with E-state index in [2.05, 4.69) is 79.5 Å². The van der Waals surface area contributed by atoms with Crippen molar-refractivity contribution >= 4 is 107 Å². The molecule has 106 heavy (non-hydrogen) atoms. The Hall–Kier alpha value is -8.82. The van der Waals surface area contributed by atoms with Crippen molar-refractivity contribution < 1.29 is 76.2 Å². The highest BCUT2D eigenvalue weighted by molar-refractivity contribution is 7.99. The van der Waals surface area contributed by atoms with Crippen LogP contribution in [0.5, 0.6) is 0 Å². The van der Waals surface area contributed by atoms with Gasteiger partial charge in [-0.2, -0.15) is 21.6 Å². The minimum absolute atomic E-state index is 0.0822. The van der Waals surface area contributed by atoms with Gasteiger partial charge in [0.15, 0.2) is 0 Å². The Balaban J connectivity index is 0.00000394. The molecule has 566 valence electrons. The lowest BCUT2D eigenvalue weighted by Crippen LogP contribution is -2.51. The number of rotatable bonds is 29. The fourth-order valence-corrected chi connectivity index (χ4v) is 16.6. The molecule has 1 aromatic heterocycles. The summed E-state index contributed by atoms with van der Waals surface area (Å²) in [7, 11) is -10.8. The van der Waals surface area contributed by atoms with Gasteiger partial charge in [0.05, 0.1) is 53.8 Å². The van der Waals surface area contributed by atoms with Crippen LogP contribution in [0.25, 0.3) is 22.4 Å². The number of carbonyl (C=O) groups is 4. The van der Waals surface area contributed by atoms with Crippen LogP contribution >= 0.6 is 23.4 Å². The molecule has 3 fully saturated rings. The van der Waals surface area contributed by atoms with E-state index in [0.717, 1.165) is 66.9 Å². The fourth-order valence-electron chi connectivity index (χ4n) is 13.4. The highest BCUT2D eigenvalue weighted by atomic mass is 35.5. The van der Waals surface area contributed by atoms with Crippen LogP contribution in [-0.4, -0.2) is 178 Å². The molecule has 23 nitrogen and oxygen atoms in total. The molecule has 4 aliphatic heterocycles. The highest BCUT2D eigenvalue weighted by Crippen LogP contribution is 2.44. The van der Waals surface area contributed by atoms with Crippen molar-refractivity contribution in [1.29, 1.82) is 0 Å². The van der Waals surface area contributed by atoms with E-state index in [9.17, 15) is 49.2 Å². The average molecular weight is 1560 g/mol. The van der Waals surface area contributed by atoms with E-state index in [0.29, 0.717) is 113 Å².